The molecule has 1 rings (SSSR count). The molecule has 0 radical (unpaired) electrons. The summed E-state index contributed by atoms with van der Waals surface area (Å²) in [4.78, 5) is 21.8. The van der Waals surface area contributed by atoms with Crippen molar-refractivity contribution in [2.45, 2.75) is 13.0 Å². The van der Waals surface area contributed by atoms with Crippen LogP contribution in [0.2, 0.25) is 0 Å². The molecule has 1 aliphatic rings. The predicted molar refractivity (Wildman–Crippen MR) is 48.6 cm³/mol. The molecule has 4 N–H and O–H groups in total. The van der Waals surface area contributed by atoms with Gasteiger partial charge in [-0.05, 0) is 6.92 Å². The Hall–Kier alpha value is -1.62. The van der Waals surface area contributed by atoms with Crippen LogP contribution in [0, 0.1) is 5.41 Å². The Labute approximate surface area is 80.5 Å². The molecule has 0 aromatic carbocycles. The maximum absolute atomic E-state index is 11.0. The fraction of sp³-hybridized carbons (Fsp3) is 0.333. The molecule has 0 heterocycles. The number of carboxylic acid groups (broad SMARTS) is 2. The van der Waals surface area contributed by atoms with E-state index < -0.39 is 23.4 Å². The molecule has 0 aromatic rings. The van der Waals surface area contributed by atoms with Crippen LogP contribution in [0.3, 0.4) is 0 Å². The lowest BCUT2D eigenvalue weighted by Crippen LogP contribution is -2.48. The van der Waals surface area contributed by atoms with Gasteiger partial charge in [0.05, 0.1) is 5.57 Å². The molecule has 5 nitrogen and oxygen atoms in total. The zero-order valence-electron chi connectivity index (χ0n) is 7.60. The minimum Gasteiger partial charge on any atom is -0.481 e. The zero-order valence-corrected chi connectivity index (χ0v) is 7.60. The number of allylic oxidation sites excluding steroid dienone is 2. The topological polar surface area (TPSA) is 101 Å². The molecule has 0 aromatic heterocycles. The van der Waals surface area contributed by atoms with Gasteiger partial charge in [0.15, 0.2) is 0 Å². The number of carbonyl (C=O) groups is 2. The molecular formula is C9H11NO4. The van der Waals surface area contributed by atoms with Crippen molar-refractivity contribution >= 4 is 11.9 Å². The smallest absolute Gasteiger partial charge is 0.332 e. The van der Waals surface area contributed by atoms with Crippen molar-refractivity contribution in [3.05, 3.63) is 23.8 Å². The summed E-state index contributed by atoms with van der Waals surface area (Å²) in [5, 5.41) is 17.8. The summed E-state index contributed by atoms with van der Waals surface area (Å²) in [5.41, 5.74) is 3.82. The molecule has 0 saturated heterocycles. The third-order valence-electron chi connectivity index (χ3n) is 2.48. The van der Waals surface area contributed by atoms with Crippen molar-refractivity contribution in [1.82, 2.24) is 0 Å². The maximum Gasteiger partial charge on any atom is 0.332 e. The van der Waals surface area contributed by atoms with E-state index in [9.17, 15) is 9.59 Å². The number of aliphatic carboxylic acids is 2. The van der Waals surface area contributed by atoms with E-state index in [0.29, 0.717) is 0 Å². The van der Waals surface area contributed by atoms with Crippen molar-refractivity contribution in [2.75, 3.05) is 0 Å². The van der Waals surface area contributed by atoms with Crippen LogP contribution in [-0.2, 0) is 9.59 Å². The van der Waals surface area contributed by atoms with Crippen LogP contribution in [-0.4, -0.2) is 28.2 Å². The van der Waals surface area contributed by atoms with Crippen molar-refractivity contribution in [3.8, 4) is 0 Å². The third kappa shape index (κ3) is 1.31. The Bertz CT molecular complexity index is 345. The van der Waals surface area contributed by atoms with Gasteiger partial charge in [0.25, 0.3) is 0 Å². The van der Waals surface area contributed by atoms with E-state index in [1.807, 2.05) is 0 Å². The second-order valence-electron chi connectivity index (χ2n) is 3.30. The Morgan fingerprint density at radius 3 is 2.43 bits per heavy atom. The molecule has 1 aliphatic carbocycles. The van der Waals surface area contributed by atoms with Gasteiger partial charge in [-0.15, -0.1) is 0 Å². The van der Waals surface area contributed by atoms with Crippen LogP contribution in [0.25, 0.3) is 0 Å². The van der Waals surface area contributed by atoms with E-state index >= 15 is 0 Å². The Balaban J connectivity index is 3.25. The summed E-state index contributed by atoms with van der Waals surface area (Å²) >= 11 is 0. The SMILES string of the molecule is C[C@@]1(C(=O)O)C(C(=O)O)=CC=C[C@H]1N. The monoisotopic (exact) mass is 197 g/mol. The first kappa shape index (κ1) is 10.5. The standard InChI is InChI=1S/C9H11NO4/c1-9(8(13)14)5(7(11)12)3-2-4-6(9)10/h2-4,6H,10H2,1H3,(H,11,12)(H,13,14)/t6-,9-/m1/s1. The normalized spacial score (nSPS) is 31.0. The lowest BCUT2D eigenvalue weighted by atomic mass is 9.73. The second kappa shape index (κ2) is 3.26. The Morgan fingerprint density at radius 2 is 2.07 bits per heavy atom. The molecule has 0 saturated carbocycles. The van der Waals surface area contributed by atoms with Gasteiger partial charge >= 0.3 is 11.9 Å². The molecule has 5 heteroatoms. The molecule has 0 unspecified atom stereocenters. The van der Waals surface area contributed by atoms with Gasteiger partial charge in [-0.1, -0.05) is 18.2 Å². The summed E-state index contributed by atoms with van der Waals surface area (Å²) in [6, 6.07) is -0.823. The lowest BCUT2D eigenvalue weighted by molar-refractivity contribution is -0.149. The van der Waals surface area contributed by atoms with Gasteiger partial charge in [-0.25, -0.2) is 4.79 Å². The third-order valence-corrected chi connectivity index (χ3v) is 2.48. The van der Waals surface area contributed by atoms with E-state index in [2.05, 4.69) is 0 Å². The van der Waals surface area contributed by atoms with Gasteiger partial charge in [0.2, 0.25) is 0 Å². The molecule has 0 amide bonds. The summed E-state index contributed by atoms with van der Waals surface area (Å²) in [6.07, 6.45) is 4.19. The minimum absolute atomic E-state index is 0.194. The van der Waals surface area contributed by atoms with Gasteiger partial charge in [-0.2, -0.15) is 0 Å². The van der Waals surface area contributed by atoms with E-state index in [1.54, 1.807) is 0 Å². The number of nitrogens with two attached hydrogens (primary N) is 1. The first-order valence-electron chi connectivity index (χ1n) is 4.02. The molecular weight excluding hydrogens is 186 g/mol. The number of hydrogen-bond acceptors (Lipinski definition) is 3. The summed E-state index contributed by atoms with van der Waals surface area (Å²) in [5.74, 6) is -2.49. The molecule has 0 fully saturated rings. The second-order valence-corrected chi connectivity index (χ2v) is 3.30. The predicted octanol–water partition coefficient (Wildman–Crippen LogP) is -0.0146. The highest BCUT2D eigenvalue weighted by atomic mass is 16.4. The van der Waals surface area contributed by atoms with E-state index in [-0.39, 0.29) is 5.57 Å². The van der Waals surface area contributed by atoms with Crippen LogP contribution in [0.1, 0.15) is 6.92 Å². The van der Waals surface area contributed by atoms with Crippen LogP contribution >= 0.6 is 0 Å². The molecule has 2 atom stereocenters. The maximum atomic E-state index is 11.0. The summed E-state index contributed by atoms with van der Waals surface area (Å²) < 4.78 is 0. The Kier molecular flexibility index (Phi) is 2.44. The number of hydrogen-bond donors (Lipinski definition) is 3. The molecule has 76 valence electrons. The average Bonchev–Trinajstić information content (AvgIpc) is 2.08. The fourth-order valence-electron chi connectivity index (χ4n) is 1.37. The summed E-state index contributed by atoms with van der Waals surface area (Å²) in [7, 11) is 0. The highest BCUT2D eigenvalue weighted by Crippen LogP contribution is 2.34. The van der Waals surface area contributed by atoms with Crippen LogP contribution in [0.4, 0.5) is 0 Å². The molecule has 14 heavy (non-hydrogen) atoms. The minimum atomic E-state index is -1.55. The zero-order chi connectivity index (χ0) is 10.9. The van der Waals surface area contributed by atoms with Crippen molar-refractivity contribution in [2.24, 2.45) is 11.1 Å². The van der Waals surface area contributed by atoms with Crippen LogP contribution in [0.5, 0.6) is 0 Å². The Morgan fingerprint density at radius 1 is 1.50 bits per heavy atom. The molecule has 0 spiro atoms. The van der Waals surface area contributed by atoms with Gasteiger partial charge < -0.3 is 15.9 Å². The first-order valence-corrected chi connectivity index (χ1v) is 4.02. The quantitative estimate of drug-likeness (QED) is 0.577. The highest BCUT2D eigenvalue weighted by molar-refractivity contribution is 5.97. The lowest BCUT2D eigenvalue weighted by Gasteiger charge is -2.31. The molecule has 0 bridgehead atoms. The molecule has 0 aliphatic heterocycles. The van der Waals surface area contributed by atoms with Crippen LogP contribution < -0.4 is 5.73 Å². The van der Waals surface area contributed by atoms with Crippen molar-refractivity contribution in [1.29, 1.82) is 0 Å². The van der Waals surface area contributed by atoms with E-state index in [4.69, 9.17) is 15.9 Å². The van der Waals surface area contributed by atoms with Crippen molar-refractivity contribution in [3.63, 3.8) is 0 Å². The van der Waals surface area contributed by atoms with Crippen molar-refractivity contribution < 1.29 is 19.8 Å². The number of rotatable bonds is 2. The van der Waals surface area contributed by atoms with Gasteiger partial charge in [0.1, 0.15) is 5.41 Å². The van der Waals surface area contributed by atoms with E-state index in [0.717, 1.165) is 0 Å². The number of carboxylic acids is 2. The average molecular weight is 197 g/mol. The largest absolute Gasteiger partial charge is 0.481 e. The first-order chi connectivity index (χ1) is 6.40. The highest BCUT2D eigenvalue weighted by Gasteiger charge is 2.46. The summed E-state index contributed by atoms with van der Waals surface area (Å²) in [6.45, 7) is 1.31. The fourth-order valence-corrected chi connectivity index (χ4v) is 1.37. The van der Waals surface area contributed by atoms with Gasteiger partial charge in [0, 0.05) is 6.04 Å². The van der Waals surface area contributed by atoms with E-state index in [1.165, 1.54) is 25.2 Å². The van der Waals surface area contributed by atoms with Gasteiger partial charge in [-0.3, -0.25) is 4.79 Å². The van der Waals surface area contributed by atoms with Crippen LogP contribution in [0.15, 0.2) is 23.8 Å².